The Morgan fingerprint density at radius 2 is 1.44 bits per heavy atom. The fourth-order valence-corrected chi connectivity index (χ4v) is 1.71. The van der Waals surface area contributed by atoms with Crippen LogP contribution in [0, 0.1) is 11.8 Å². The van der Waals surface area contributed by atoms with E-state index in [0.717, 1.165) is 16.7 Å². The Morgan fingerprint density at radius 1 is 0.889 bits per heavy atom. The monoisotopic (exact) mass is 256 g/mol. The van der Waals surface area contributed by atoms with Crippen molar-refractivity contribution in [1.82, 2.24) is 0 Å². The number of phenolic OH excluding ortho intramolecular Hbond substituents is 1. The first-order valence-electron chi connectivity index (χ1n) is 5.74. The van der Waals surface area contributed by atoms with Crippen LogP contribution in [0.15, 0.2) is 48.5 Å². The molecule has 1 N–H and O–H groups in total. The number of hydrogen-bond donors (Lipinski definition) is 1. The van der Waals surface area contributed by atoms with Gasteiger partial charge < -0.3 is 5.11 Å². The first kappa shape index (κ1) is 12.5. The van der Waals surface area contributed by atoms with Crippen LogP contribution in [0.25, 0.3) is 11.1 Å². The van der Waals surface area contributed by atoms with Gasteiger partial charge in [0.15, 0.2) is 0 Å². The van der Waals surface area contributed by atoms with E-state index >= 15 is 0 Å². The summed E-state index contributed by atoms with van der Waals surface area (Å²) in [5.41, 5.74) is 3.17. The molecule has 0 heterocycles. The third-order valence-electron chi connectivity index (χ3n) is 2.54. The van der Waals surface area contributed by atoms with Gasteiger partial charge in [-0.2, -0.15) is 0 Å². The Bertz CT molecular complexity index is 559. The van der Waals surface area contributed by atoms with E-state index in [1.54, 1.807) is 12.1 Å². The van der Waals surface area contributed by atoms with Gasteiger partial charge in [0, 0.05) is 17.9 Å². The van der Waals surface area contributed by atoms with Gasteiger partial charge in [0.05, 0.1) is 0 Å². The predicted molar refractivity (Wildman–Crippen MR) is 75.8 cm³/mol. The minimum Gasteiger partial charge on any atom is -0.508 e. The average molecular weight is 257 g/mol. The molecule has 0 bridgehead atoms. The lowest BCUT2D eigenvalue weighted by Gasteiger charge is -2.01. The van der Waals surface area contributed by atoms with Crippen molar-refractivity contribution in [3.63, 3.8) is 0 Å². The molecule has 0 radical (unpaired) electrons. The van der Waals surface area contributed by atoms with Gasteiger partial charge in [-0.1, -0.05) is 36.1 Å². The normalized spacial score (nSPS) is 9.61. The van der Waals surface area contributed by atoms with Crippen molar-refractivity contribution in [2.45, 2.75) is 6.42 Å². The van der Waals surface area contributed by atoms with E-state index in [9.17, 15) is 5.11 Å². The van der Waals surface area contributed by atoms with Crippen LogP contribution < -0.4 is 0 Å². The maximum Gasteiger partial charge on any atom is 0.115 e. The number of halogens is 1. The van der Waals surface area contributed by atoms with Crippen LogP contribution >= 0.6 is 11.6 Å². The highest BCUT2D eigenvalue weighted by molar-refractivity contribution is 6.18. The molecule has 18 heavy (non-hydrogen) atoms. The molecule has 0 aromatic heterocycles. The number of benzene rings is 2. The Morgan fingerprint density at radius 3 is 2.00 bits per heavy atom. The minimum absolute atomic E-state index is 0.280. The zero-order valence-electron chi connectivity index (χ0n) is 9.86. The highest BCUT2D eigenvalue weighted by Crippen LogP contribution is 2.21. The summed E-state index contributed by atoms with van der Waals surface area (Å²) in [4.78, 5) is 0. The fourth-order valence-electron chi connectivity index (χ4n) is 1.61. The number of rotatable bonds is 2. The Labute approximate surface area is 112 Å². The van der Waals surface area contributed by atoms with Gasteiger partial charge in [0.2, 0.25) is 0 Å². The second kappa shape index (κ2) is 6.14. The molecule has 2 heteroatoms. The average Bonchev–Trinajstić information content (AvgIpc) is 2.41. The Balaban J connectivity index is 2.18. The second-order valence-corrected chi connectivity index (χ2v) is 4.24. The molecule has 0 unspecified atom stereocenters. The van der Waals surface area contributed by atoms with Crippen molar-refractivity contribution < 1.29 is 5.11 Å². The molecule has 0 aliphatic heterocycles. The third kappa shape index (κ3) is 3.29. The van der Waals surface area contributed by atoms with Crippen LogP contribution in [-0.4, -0.2) is 11.0 Å². The van der Waals surface area contributed by atoms with Gasteiger partial charge in [-0.15, -0.1) is 11.6 Å². The summed E-state index contributed by atoms with van der Waals surface area (Å²) in [6.45, 7) is 0. The van der Waals surface area contributed by atoms with Crippen LogP contribution in [-0.2, 0) is 0 Å². The van der Waals surface area contributed by atoms with Crippen molar-refractivity contribution in [3.05, 3.63) is 54.1 Å². The Hall–Kier alpha value is -1.91. The zero-order chi connectivity index (χ0) is 12.8. The number of phenols is 1. The highest BCUT2D eigenvalue weighted by atomic mass is 35.5. The van der Waals surface area contributed by atoms with Crippen LogP contribution in [0.3, 0.4) is 0 Å². The first-order valence-corrected chi connectivity index (χ1v) is 6.27. The summed E-state index contributed by atoms with van der Waals surface area (Å²) in [7, 11) is 0. The standard InChI is InChI=1S/C16H13ClO/c17-12-2-1-3-13-4-6-14(7-5-13)15-8-10-16(18)11-9-15/h4-11,18H,2,12H2. The van der Waals surface area contributed by atoms with Crippen molar-refractivity contribution in [2.75, 3.05) is 5.88 Å². The van der Waals surface area contributed by atoms with Crippen LogP contribution in [0.2, 0.25) is 0 Å². The second-order valence-electron chi connectivity index (χ2n) is 3.86. The molecule has 0 aliphatic rings. The Kier molecular flexibility index (Phi) is 4.28. The van der Waals surface area contributed by atoms with E-state index in [2.05, 4.69) is 11.8 Å². The molecule has 0 atom stereocenters. The topological polar surface area (TPSA) is 20.2 Å². The van der Waals surface area contributed by atoms with Gasteiger partial charge in [-0.25, -0.2) is 0 Å². The molecule has 0 amide bonds. The van der Waals surface area contributed by atoms with Crippen molar-refractivity contribution in [3.8, 4) is 28.7 Å². The van der Waals surface area contributed by atoms with E-state index in [4.69, 9.17) is 11.6 Å². The van der Waals surface area contributed by atoms with E-state index < -0.39 is 0 Å². The van der Waals surface area contributed by atoms with E-state index in [-0.39, 0.29) is 5.75 Å². The summed E-state index contributed by atoms with van der Waals surface area (Å²) < 4.78 is 0. The van der Waals surface area contributed by atoms with E-state index in [0.29, 0.717) is 12.3 Å². The summed E-state index contributed by atoms with van der Waals surface area (Å²) in [6, 6.07) is 15.2. The molecule has 0 fully saturated rings. The molecule has 2 aromatic carbocycles. The lowest BCUT2D eigenvalue weighted by molar-refractivity contribution is 0.475. The highest BCUT2D eigenvalue weighted by Gasteiger charge is 1.97. The van der Waals surface area contributed by atoms with Gasteiger partial charge in [-0.05, 0) is 35.4 Å². The van der Waals surface area contributed by atoms with Crippen LogP contribution in [0.1, 0.15) is 12.0 Å². The van der Waals surface area contributed by atoms with Crippen molar-refractivity contribution in [1.29, 1.82) is 0 Å². The number of hydrogen-bond acceptors (Lipinski definition) is 1. The summed E-state index contributed by atoms with van der Waals surface area (Å²) >= 11 is 5.56. The molecule has 0 aliphatic carbocycles. The predicted octanol–water partition coefficient (Wildman–Crippen LogP) is 4.04. The molecular formula is C16H13ClO. The summed E-state index contributed by atoms with van der Waals surface area (Å²) in [6.07, 6.45) is 0.710. The number of aromatic hydroxyl groups is 1. The molecule has 1 nitrogen and oxygen atoms in total. The van der Waals surface area contributed by atoms with Crippen LogP contribution in [0.4, 0.5) is 0 Å². The largest absolute Gasteiger partial charge is 0.508 e. The van der Waals surface area contributed by atoms with Gasteiger partial charge in [0.1, 0.15) is 5.75 Å². The lowest BCUT2D eigenvalue weighted by atomic mass is 10.0. The fraction of sp³-hybridized carbons (Fsp3) is 0.125. The summed E-state index contributed by atoms with van der Waals surface area (Å²) in [5.74, 6) is 6.91. The van der Waals surface area contributed by atoms with Crippen molar-refractivity contribution >= 4 is 11.6 Å². The van der Waals surface area contributed by atoms with Crippen molar-refractivity contribution in [2.24, 2.45) is 0 Å². The molecule has 2 aromatic rings. The quantitative estimate of drug-likeness (QED) is 0.635. The molecule has 2 rings (SSSR count). The maximum atomic E-state index is 9.24. The molecular weight excluding hydrogens is 244 g/mol. The van der Waals surface area contributed by atoms with Gasteiger partial charge in [0.25, 0.3) is 0 Å². The van der Waals surface area contributed by atoms with Crippen LogP contribution in [0.5, 0.6) is 5.75 Å². The smallest absolute Gasteiger partial charge is 0.115 e. The lowest BCUT2D eigenvalue weighted by Crippen LogP contribution is -1.79. The molecule has 90 valence electrons. The SMILES string of the molecule is Oc1ccc(-c2ccc(C#CCCCl)cc2)cc1. The van der Waals surface area contributed by atoms with Gasteiger partial charge >= 0.3 is 0 Å². The maximum absolute atomic E-state index is 9.24. The number of alkyl halides is 1. The first-order chi connectivity index (χ1) is 8.79. The molecule has 0 saturated carbocycles. The van der Waals surface area contributed by atoms with E-state index in [1.165, 1.54) is 0 Å². The minimum atomic E-state index is 0.280. The molecule has 0 spiro atoms. The van der Waals surface area contributed by atoms with Gasteiger partial charge in [-0.3, -0.25) is 0 Å². The van der Waals surface area contributed by atoms with E-state index in [1.807, 2.05) is 36.4 Å². The third-order valence-corrected chi connectivity index (χ3v) is 2.73. The molecule has 0 saturated heterocycles. The zero-order valence-corrected chi connectivity index (χ0v) is 10.6. The summed E-state index contributed by atoms with van der Waals surface area (Å²) in [5, 5.41) is 9.24.